The Morgan fingerprint density at radius 1 is 1.21 bits per heavy atom. The number of nitrogens with two attached hydrogens (primary N) is 1. The molecule has 1 aliphatic rings. The van der Waals surface area contributed by atoms with Gasteiger partial charge in [-0.3, -0.25) is 0 Å². The summed E-state index contributed by atoms with van der Waals surface area (Å²) in [5.41, 5.74) is 0.184. The zero-order valence-electron chi connectivity index (χ0n) is 7.51. The third-order valence-corrected chi connectivity index (χ3v) is 2.83. The van der Waals surface area contributed by atoms with Crippen molar-refractivity contribution < 1.29 is 12.6 Å². The molecule has 0 aliphatic heterocycles. The highest BCUT2D eigenvalue weighted by atomic mass is 32.2. The molecule has 0 spiro atoms. The van der Waals surface area contributed by atoms with E-state index in [0.29, 0.717) is 12.8 Å². The first-order valence-corrected chi connectivity index (χ1v) is 5.78. The summed E-state index contributed by atoms with van der Waals surface area (Å²) >= 11 is 0. The zero-order chi connectivity index (χ0) is 10.2. The van der Waals surface area contributed by atoms with E-state index in [9.17, 15) is 8.42 Å². The lowest BCUT2D eigenvalue weighted by Crippen LogP contribution is -2.23. The van der Waals surface area contributed by atoms with Crippen LogP contribution in [0.3, 0.4) is 0 Å². The van der Waals surface area contributed by atoms with Crippen LogP contribution in [0.5, 0.6) is 0 Å². The van der Waals surface area contributed by atoms with Gasteiger partial charge in [0.25, 0.3) is 0 Å². The minimum atomic E-state index is -3.87. The Hall–Kier alpha value is -0.910. The van der Waals surface area contributed by atoms with E-state index in [4.69, 9.17) is 9.32 Å². The van der Waals surface area contributed by atoms with E-state index in [1.54, 1.807) is 0 Å². The Labute approximate surface area is 82.9 Å². The predicted octanol–water partition coefficient (Wildman–Crippen LogP) is 0.896. The van der Waals surface area contributed by atoms with Crippen molar-refractivity contribution in [2.24, 2.45) is 5.14 Å². The van der Waals surface area contributed by atoms with E-state index in [-0.39, 0.29) is 0 Å². The molecule has 5 heteroatoms. The summed E-state index contributed by atoms with van der Waals surface area (Å²) < 4.78 is 26.5. The minimum Gasteiger partial charge on any atom is -0.247 e. The Bertz CT molecular complexity index is 423. The third kappa shape index (κ3) is 1.95. The summed E-state index contributed by atoms with van der Waals surface area (Å²) in [6.07, 6.45) is 1.40. The van der Waals surface area contributed by atoms with Crippen LogP contribution in [0.15, 0.2) is 30.3 Å². The van der Waals surface area contributed by atoms with Gasteiger partial charge in [-0.15, -0.1) is 0 Å². The molecule has 2 rings (SSSR count). The van der Waals surface area contributed by atoms with Crippen LogP contribution >= 0.6 is 0 Å². The van der Waals surface area contributed by atoms with Crippen molar-refractivity contribution in [3.63, 3.8) is 0 Å². The van der Waals surface area contributed by atoms with Crippen LogP contribution in [0, 0.1) is 0 Å². The van der Waals surface area contributed by atoms with Gasteiger partial charge < -0.3 is 0 Å². The van der Waals surface area contributed by atoms with Crippen LogP contribution in [0.1, 0.15) is 18.4 Å². The molecule has 0 radical (unpaired) electrons. The van der Waals surface area contributed by atoms with Crippen molar-refractivity contribution in [3.05, 3.63) is 35.9 Å². The first-order valence-electron chi connectivity index (χ1n) is 4.31. The first-order chi connectivity index (χ1) is 6.52. The average molecular weight is 213 g/mol. The van der Waals surface area contributed by atoms with Crippen LogP contribution in [0.25, 0.3) is 0 Å². The number of rotatable bonds is 3. The fraction of sp³-hybridized carbons (Fsp3) is 0.333. The third-order valence-electron chi connectivity index (χ3n) is 2.28. The molecule has 14 heavy (non-hydrogen) atoms. The van der Waals surface area contributed by atoms with Gasteiger partial charge in [-0.05, 0) is 18.4 Å². The predicted molar refractivity (Wildman–Crippen MR) is 51.5 cm³/mol. The van der Waals surface area contributed by atoms with Gasteiger partial charge >= 0.3 is 10.3 Å². The molecule has 1 aromatic carbocycles. The normalized spacial score (nSPS) is 19.2. The van der Waals surface area contributed by atoms with Crippen LogP contribution < -0.4 is 5.14 Å². The van der Waals surface area contributed by atoms with Gasteiger partial charge in [-0.2, -0.15) is 8.42 Å². The molecular formula is C9H11NO3S. The lowest BCUT2D eigenvalue weighted by Gasteiger charge is -2.13. The summed E-state index contributed by atoms with van der Waals surface area (Å²) in [5, 5.41) is 4.85. The molecule has 1 fully saturated rings. The summed E-state index contributed by atoms with van der Waals surface area (Å²) in [6.45, 7) is 0. The van der Waals surface area contributed by atoms with Crippen LogP contribution in [0.4, 0.5) is 0 Å². The van der Waals surface area contributed by atoms with Crippen molar-refractivity contribution in [2.45, 2.75) is 18.4 Å². The molecule has 0 saturated heterocycles. The van der Waals surface area contributed by atoms with E-state index in [0.717, 1.165) is 5.56 Å². The van der Waals surface area contributed by atoms with Crippen LogP contribution in [-0.4, -0.2) is 8.42 Å². The maximum absolute atomic E-state index is 10.8. The van der Waals surface area contributed by atoms with E-state index in [1.165, 1.54) is 0 Å². The molecule has 0 amide bonds. The summed E-state index contributed by atoms with van der Waals surface area (Å²) in [6, 6.07) is 9.26. The number of hydrogen-bond donors (Lipinski definition) is 1. The van der Waals surface area contributed by atoms with Crippen molar-refractivity contribution in [2.75, 3.05) is 0 Å². The monoisotopic (exact) mass is 213 g/mol. The van der Waals surface area contributed by atoms with Crippen molar-refractivity contribution in [3.8, 4) is 0 Å². The lowest BCUT2D eigenvalue weighted by atomic mass is 10.1. The molecule has 76 valence electrons. The SMILES string of the molecule is NS(=O)(=O)OC1(c2ccccc2)CC1. The Morgan fingerprint density at radius 2 is 1.79 bits per heavy atom. The highest BCUT2D eigenvalue weighted by molar-refractivity contribution is 7.84. The van der Waals surface area contributed by atoms with E-state index >= 15 is 0 Å². The molecule has 0 aromatic heterocycles. The maximum atomic E-state index is 10.8. The van der Waals surface area contributed by atoms with Gasteiger partial charge in [0.2, 0.25) is 0 Å². The fourth-order valence-corrected chi connectivity index (χ4v) is 2.21. The number of hydrogen-bond acceptors (Lipinski definition) is 3. The second-order valence-electron chi connectivity index (χ2n) is 3.44. The standard InChI is InChI=1S/C9H11NO3S/c10-14(11,12)13-9(6-7-9)8-4-2-1-3-5-8/h1-5H,6-7H2,(H2,10,11,12). The Morgan fingerprint density at radius 3 is 2.21 bits per heavy atom. The van der Waals surface area contributed by atoms with Gasteiger partial charge in [-0.1, -0.05) is 30.3 Å². The topological polar surface area (TPSA) is 69.4 Å². The van der Waals surface area contributed by atoms with E-state index in [2.05, 4.69) is 0 Å². The molecule has 0 atom stereocenters. The minimum absolute atomic E-state index is 0.686. The second kappa shape index (κ2) is 3.05. The first kappa shape index (κ1) is 9.64. The molecule has 1 aliphatic carbocycles. The largest absolute Gasteiger partial charge is 0.334 e. The quantitative estimate of drug-likeness (QED) is 0.810. The van der Waals surface area contributed by atoms with Crippen molar-refractivity contribution in [1.82, 2.24) is 0 Å². The highest BCUT2D eigenvalue weighted by Crippen LogP contribution is 2.49. The second-order valence-corrected chi connectivity index (χ2v) is 4.59. The number of benzene rings is 1. The Balaban J connectivity index is 2.27. The molecule has 2 N–H and O–H groups in total. The Kier molecular flexibility index (Phi) is 2.10. The van der Waals surface area contributed by atoms with Gasteiger partial charge in [0, 0.05) is 0 Å². The molecule has 1 aromatic rings. The smallest absolute Gasteiger partial charge is 0.247 e. The van der Waals surface area contributed by atoms with Crippen LogP contribution in [0.2, 0.25) is 0 Å². The van der Waals surface area contributed by atoms with Crippen LogP contribution in [-0.2, 0) is 20.1 Å². The van der Waals surface area contributed by atoms with Gasteiger partial charge in [0.15, 0.2) is 0 Å². The lowest BCUT2D eigenvalue weighted by molar-refractivity contribution is 0.190. The molecule has 4 nitrogen and oxygen atoms in total. The maximum Gasteiger partial charge on any atom is 0.334 e. The molecular weight excluding hydrogens is 202 g/mol. The van der Waals surface area contributed by atoms with Gasteiger partial charge in [0.05, 0.1) is 0 Å². The summed E-state index contributed by atoms with van der Waals surface area (Å²) in [4.78, 5) is 0. The summed E-state index contributed by atoms with van der Waals surface area (Å²) in [5.74, 6) is 0. The zero-order valence-corrected chi connectivity index (χ0v) is 8.33. The molecule has 0 bridgehead atoms. The average Bonchev–Trinajstić information content (AvgIpc) is 2.85. The van der Waals surface area contributed by atoms with E-state index < -0.39 is 15.9 Å². The highest BCUT2D eigenvalue weighted by Gasteiger charge is 2.48. The van der Waals surface area contributed by atoms with Crippen molar-refractivity contribution >= 4 is 10.3 Å². The summed E-state index contributed by atoms with van der Waals surface area (Å²) in [7, 11) is -3.87. The van der Waals surface area contributed by atoms with Crippen molar-refractivity contribution in [1.29, 1.82) is 0 Å². The van der Waals surface area contributed by atoms with Gasteiger partial charge in [0.1, 0.15) is 5.60 Å². The van der Waals surface area contributed by atoms with E-state index in [1.807, 2.05) is 30.3 Å². The molecule has 0 heterocycles. The van der Waals surface area contributed by atoms with Gasteiger partial charge in [-0.25, -0.2) is 9.32 Å². The fourth-order valence-electron chi connectivity index (χ4n) is 1.50. The molecule has 0 unspecified atom stereocenters. The molecule has 1 saturated carbocycles.